The van der Waals surface area contributed by atoms with E-state index in [1.165, 1.54) is 0 Å². The molecule has 18 heavy (non-hydrogen) atoms. The highest BCUT2D eigenvalue weighted by molar-refractivity contribution is 5.94. The van der Waals surface area contributed by atoms with Crippen molar-refractivity contribution in [3.8, 4) is 0 Å². The van der Waals surface area contributed by atoms with Crippen molar-refractivity contribution in [2.75, 3.05) is 6.54 Å². The summed E-state index contributed by atoms with van der Waals surface area (Å²) in [5.74, 6) is -0.906. The highest BCUT2D eigenvalue weighted by Crippen LogP contribution is 2.32. The number of hydrogen-bond acceptors (Lipinski definition) is 4. The molecule has 0 bridgehead atoms. The molecule has 97 valence electrons. The van der Waals surface area contributed by atoms with Crippen molar-refractivity contribution in [1.29, 1.82) is 0 Å². The van der Waals surface area contributed by atoms with Gasteiger partial charge in [-0.2, -0.15) is 13.2 Å². The number of pyridine rings is 1. The summed E-state index contributed by atoms with van der Waals surface area (Å²) >= 11 is 0. The third-order valence-corrected chi connectivity index (χ3v) is 2.62. The molecule has 0 aliphatic carbocycles. The number of quaternary nitrogens is 1. The van der Waals surface area contributed by atoms with Crippen LogP contribution < -0.4 is 4.65 Å². The fourth-order valence-electron chi connectivity index (χ4n) is 1.66. The maximum absolute atomic E-state index is 12.3. The zero-order valence-electron chi connectivity index (χ0n) is 8.89. The van der Waals surface area contributed by atoms with Gasteiger partial charge in [0, 0.05) is 12.3 Å². The first-order valence-electron chi connectivity index (χ1n) is 4.92. The van der Waals surface area contributed by atoms with Crippen LogP contribution in [-0.2, 0) is 11.0 Å². The van der Waals surface area contributed by atoms with E-state index < -0.39 is 34.9 Å². The molecule has 1 N–H and O–H groups in total. The van der Waals surface area contributed by atoms with E-state index in [9.17, 15) is 28.3 Å². The Bertz CT molecular complexity index is 474. The first-order chi connectivity index (χ1) is 8.23. The fraction of sp³-hybridized carbons (Fsp3) is 0.300. The van der Waals surface area contributed by atoms with Gasteiger partial charge in [0.2, 0.25) is 17.8 Å². The zero-order valence-corrected chi connectivity index (χ0v) is 8.89. The zero-order chi connectivity index (χ0) is 13.6. The van der Waals surface area contributed by atoms with Crippen LogP contribution in [0.15, 0.2) is 18.3 Å². The third-order valence-electron chi connectivity index (χ3n) is 2.62. The van der Waals surface area contributed by atoms with Gasteiger partial charge in [0.05, 0.1) is 5.56 Å². The summed E-state index contributed by atoms with van der Waals surface area (Å²) in [6.45, 7) is -0.570. The van der Waals surface area contributed by atoms with Crippen molar-refractivity contribution in [1.82, 2.24) is 9.63 Å². The first-order valence-corrected chi connectivity index (χ1v) is 4.92. The maximum atomic E-state index is 12.3. The van der Waals surface area contributed by atoms with Gasteiger partial charge in [-0.25, -0.2) is 4.98 Å². The van der Waals surface area contributed by atoms with Crippen LogP contribution in [0, 0.1) is 11.6 Å². The fourth-order valence-corrected chi connectivity index (χ4v) is 1.66. The van der Waals surface area contributed by atoms with Gasteiger partial charge in [-0.3, -0.25) is 9.44 Å². The maximum Gasteiger partial charge on any atom is 0.417 e. The highest BCUT2D eigenvalue weighted by atomic mass is 19.4. The van der Waals surface area contributed by atoms with Crippen LogP contribution in [0.1, 0.15) is 5.56 Å². The van der Waals surface area contributed by atoms with E-state index in [1.807, 2.05) is 0 Å². The average Bonchev–Trinajstić information content (AvgIpc) is 2.53. The van der Waals surface area contributed by atoms with Crippen molar-refractivity contribution in [3.05, 3.63) is 35.5 Å². The van der Waals surface area contributed by atoms with Crippen molar-refractivity contribution < 1.29 is 23.1 Å². The molecule has 1 aromatic rings. The minimum Gasteiger partial charge on any atom is -0.624 e. The van der Waals surface area contributed by atoms with E-state index in [0.717, 1.165) is 12.5 Å². The van der Waals surface area contributed by atoms with Gasteiger partial charge in [-0.15, -0.1) is 0 Å². The minimum atomic E-state index is -4.55. The van der Waals surface area contributed by atoms with Crippen LogP contribution in [0.3, 0.4) is 0 Å². The van der Waals surface area contributed by atoms with E-state index in [1.54, 1.807) is 0 Å². The van der Waals surface area contributed by atoms with E-state index in [-0.39, 0.29) is 5.82 Å². The number of carbonyl (C=O) groups excluding carboxylic acids is 1. The molecular formula is C10H8F3N2O3. The standard InChI is InChI=1S/C10H8F3N2O3/c11-10(12,13)6-1-2-8(14-4-6)15(18)5-7(16)3-9(15)17/h1-4,9,17H,5H2. The van der Waals surface area contributed by atoms with E-state index >= 15 is 0 Å². The molecule has 0 saturated carbocycles. The largest absolute Gasteiger partial charge is 0.624 e. The number of carbonyl (C=O) groups is 1. The Kier molecular flexibility index (Phi) is 2.88. The van der Waals surface area contributed by atoms with Gasteiger partial charge in [0.25, 0.3) is 0 Å². The van der Waals surface area contributed by atoms with Crippen molar-refractivity contribution >= 4 is 11.6 Å². The molecule has 1 saturated heterocycles. The van der Waals surface area contributed by atoms with Crippen molar-refractivity contribution in [2.45, 2.75) is 12.4 Å². The SMILES string of the molecule is O=C1[CH]C(O)[N+]([O-])(c2ccc(C(F)(F)F)cn2)C1. The number of rotatable bonds is 1. The number of hydrogen-bond donors (Lipinski definition) is 1. The molecule has 0 aromatic carbocycles. The lowest BCUT2D eigenvalue weighted by Crippen LogP contribution is -2.48. The molecule has 8 heteroatoms. The molecule has 2 rings (SSSR count). The third kappa shape index (κ3) is 2.09. The number of aliphatic hydroxyl groups is 1. The Morgan fingerprint density at radius 2 is 2.11 bits per heavy atom. The van der Waals surface area contributed by atoms with Gasteiger partial charge in [0.15, 0.2) is 0 Å². The number of ketones is 1. The summed E-state index contributed by atoms with van der Waals surface area (Å²) < 4.78 is 35.4. The van der Waals surface area contributed by atoms with Crippen LogP contribution >= 0.6 is 0 Å². The first kappa shape index (κ1) is 12.9. The molecule has 2 unspecified atom stereocenters. The smallest absolute Gasteiger partial charge is 0.417 e. The predicted molar refractivity (Wildman–Crippen MR) is 54.6 cm³/mol. The lowest BCUT2D eigenvalue weighted by molar-refractivity contribution is -0.137. The summed E-state index contributed by atoms with van der Waals surface area (Å²) in [4.78, 5) is 14.4. The lowest BCUT2D eigenvalue weighted by Gasteiger charge is -2.38. The van der Waals surface area contributed by atoms with Gasteiger partial charge < -0.3 is 10.3 Å². The molecule has 2 heterocycles. The van der Waals surface area contributed by atoms with E-state index in [2.05, 4.69) is 4.98 Å². The molecule has 5 nitrogen and oxygen atoms in total. The van der Waals surface area contributed by atoms with Gasteiger partial charge in [-0.1, -0.05) is 0 Å². The number of alkyl halides is 3. The van der Waals surface area contributed by atoms with Gasteiger partial charge in [0.1, 0.15) is 13.0 Å². The summed E-state index contributed by atoms with van der Waals surface area (Å²) in [5.41, 5.74) is -0.998. The number of aliphatic hydroxyl groups excluding tert-OH is 1. The van der Waals surface area contributed by atoms with Crippen LogP contribution in [-0.4, -0.2) is 28.6 Å². The van der Waals surface area contributed by atoms with E-state index in [0.29, 0.717) is 12.3 Å². The van der Waals surface area contributed by atoms with Crippen molar-refractivity contribution in [2.24, 2.45) is 0 Å². The summed E-state index contributed by atoms with van der Waals surface area (Å²) in [6.07, 6.45) is -4.86. The number of Topliss-reactive ketones (excluding diaryl/α,β-unsaturated/α-hetero) is 1. The Balaban J connectivity index is 2.33. The minimum absolute atomic E-state index is 0.336. The molecule has 1 aliphatic heterocycles. The molecule has 0 spiro atoms. The summed E-state index contributed by atoms with van der Waals surface area (Å²) in [7, 11) is 0. The summed E-state index contributed by atoms with van der Waals surface area (Å²) in [5, 5.41) is 21.5. The second kappa shape index (κ2) is 4.01. The molecule has 0 amide bonds. The normalized spacial score (nSPS) is 28.7. The predicted octanol–water partition coefficient (Wildman–Crippen LogP) is 1.01. The number of hydroxylamine groups is 2. The monoisotopic (exact) mass is 261 g/mol. The highest BCUT2D eigenvalue weighted by Gasteiger charge is 2.42. The van der Waals surface area contributed by atoms with Crippen LogP contribution in [0.5, 0.6) is 0 Å². The van der Waals surface area contributed by atoms with Crippen LogP contribution in [0.4, 0.5) is 19.0 Å². The topological polar surface area (TPSA) is 73.2 Å². The second-order valence-electron chi connectivity index (χ2n) is 3.90. The quantitative estimate of drug-likeness (QED) is 0.605. The Labute approximate surface area is 99.6 Å². The van der Waals surface area contributed by atoms with Crippen molar-refractivity contribution in [3.63, 3.8) is 0 Å². The Hall–Kier alpha value is -1.51. The van der Waals surface area contributed by atoms with Gasteiger partial charge in [-0.05, 0) is 6.07 Å². The number of nitrogens with zero attached hydrogens (tertiary/aromatic N) is 2. The second-order valence-corrected chi connectivity index (χ2v) is 3.90. The molecule has 1 radical (unpaired) electrons. The van der Waals surface area contributed by atoms with Crippen LogP contribution in [0.25, 0.3) is 0 Å². The summed E-state index contributed by atoms with van der Waals surface area (Å²) in [6, 6.07) is 1.56. The molecule has 1 aromatic heterocycles. The number of aromatic nitrogens is 1. The molecular weight excluding hydrogens is 253 g/mol. The van der Waals surface area contributed by atoms with E-state index in [4.69, 9.17) is 0 Å². The van der Waals surface area contributed by atoms with Crippen LogP contribution in [0.2, 0.25) is 0 Å². The molecule has 2 atom stereocenters. The Morgan fingerprint density at radius 3 is 2.50 bits per heavy atom. The molecule has 1 fully saturated rings. The average molecular weight is 261 g/mol. The van der Waals surface area contributed by atoms with Gasteiger partial charge >= 0.3 is 6.18 Å². The number of halogens is 3. The lowest BCUT2D eigenvalue weighted by atomic mass is 10.2. The molecule has 1 aliphatic rings. The Morgan fingerprint density at radius 1 is 1.44 bits per heavy atom.